The normalized spacial score (nSPS) is 22.6. The molecule has 0 saturated carbocycles. The van der Waals surface area contributed by atoms with Gasteiger partial charge in [-0.05, 0) is 18.9 Å². The zero-order valence-corrected chi connectivity index (χ0v) is 9.06. The van der Waals surface area contributed by atoms with Gasteiger partial charge in [0.15, 0.2) is 0 Å². The molecule has 0 radical (unpaired) electrons. The van der Waals surface area contributed by atoms with E-state index in [1.807, 2.05) is 6.08 Å². The Morgan fingerprint density at radius 3 is 3.06 bits per heavy atom. The second-order valence-corrected chi connectivity index (χ2v) is 4.07. The SMILES string of the molecule is C=CC(O)c1ncc(C2CC=C(O)CC2)[nH]1. The molecule has 4 heteroatoms. The van der Waals surface area contributed by atoms with E-state index in [9.17, 15) is 10.2 Å². The minimum Gasteiger partial charge on any atom is -0.513 e. The van der Waals surface area contributed by atoms with Crippen LogP contribution in [0.15, 0.2) is 30.7 Å². The summed E-state index contributed by atoms with van der Waals surface area (Å²) in [6.07, 6.45) is 6.74. The zero-order valence-electron chi connectivity index (χ0n) is 9.06. The molecule has 3 N–H and O–H groups in total. The van der Waals surface area contributed by atoms with Gasteiger partial charge in [0.25, 0.3) is 0 Å². The molecule has 0 amide bonds. The summed E-state index contributed by atoms with van der Waals surface area (Å²) in [7, 11) is 0. The number of hydrogen-bond donors (Lipinski definition) is 3. The number of aliphatic hydroxyl groups excluding tert-OH is 2. The molecule has 1 aliphatic carbocycles. The van der Waals surface area contributed by atoms with Crippen LogP contribution in [0.25, 0.3) is 0 Å². The van der Waals surface area contributed by atoms with Crippen LogP contribution in [0.2, 0.25) is 0 Å². The number of aromatic amines is 1. The third-order valence-electron chi connectivity index (χ3n) is 2.95. The maximum atomic E-state index is 9.52. The minimum absolute atomic E-state index is 0.356. The van der Waals surface area contributed by atoms with Crippen molar-refractivity contribution in [2.45, 2.75) is 31.3 Å². The van der Waals surface area contributed by atoms with Gasteiger partial charge in [-0.25, -0.2) is 4.98 Å². The predicted octanol–water partition coefficient (Wildman–Crippen LogP) is 2.34. The van der Waals surface area contributed by atoms with Gasteiger partial charge in [0.1, 0.15) is 11.9 Å². The average molecular weight is 220 g/mol. The Labute approximate surface area is 94.3 Å². The number of imidazole rings is 1. The Kier molecular flexibility index (Phi) is 3.10. The van der Waals surface area contributed by atoms with Crippen molar-refractivity contribution in [2.24, 2.45) is 0 Å². The van der Waals surface area contributed by atoms with Crippen molar-refractivity contribution in [3.05, 3.63) is 42.2 Å². The van der Waals surface area contributed by atoms with E-state index in [1.54, 1.807) is 6.20 Å². The number of hydrogen-bond acceptors (Lipinski definition) is 3. The van der Waals surface area contributed by atoms with Crippen molar-refractivity contribution in [3.8, 4) is 0 Å². The summed E-state index contributed by atoms with van der Waals surface area (Å²) >= 11 is 0. The lowest BCUT2D eigenvalue weighted by Gasteiger charge is -2.17. The lowest BCUT2D eigenvalue weighted by Crippen LogP contribution is -2.05. The fourth-order valence-corrected chi connectivity index (χ4v) is 1.92. The smallest absolute Gasteiger partial charge is 0.139 e. The predicted molar refractivity (Wildman–Crippen MR) is 61.0 cm³/mol. The summed E-state index contributed by atoms with van der Waals surface area (Å²) in [5, 5.41) is 18.8. The van der Waals surface area contributed by atoms with Gasteiger partial charge in [-0.3, -0.25) is 0 Å². The maximum Gasteiger partial charge on any atom is 0.139 e. The quantitative estimate of drug-likeness (QED) is 0.685. The highest BCUT2D eigenvalue weighted by atomic mass is 16.3. The van der Waals surface area contributed by atoms with E-state index in [-0.39, 0.29) is 0 Å². The van der Waals surface area contributed by atoms with Crippen LogP contribution < -0.4 is 0 Å². The van der Waals surface area contributed by atoms with E-state index in [0.717, 1.165) is 18.5 Å². The average Bonchev–Trinajstić information content (AvgIpc) is 2.78. The molecule has 1 heterocycles. The monoisotopic (exact) mass is 220 g/mol. The Balaban J connectivity index is 2.10. The first-order valence-corrected chi connectivity index (χ1v) is 5.44. The molecule has 2 rings (SSSR count). The molecule has 0 spiro atoms. The molecular formula is C12H16N2O2. The molecule has 86 valence electrons. The van der Waals surface area contributed by atoms with Crippen LogP contribution in [-0.4, -0.2) is 20.2 Å². The minimum atomic E-state index is -0.735. The Hall–Kier alpha value is -1.55. The van der Waals surface area contributed by atoms with E-state index in [0.29, 0.717) is 23.9 Å². The van der Waals surface area contributed by atoms with Gasteiger partial charge in [-0.15, -0.1) is 6.58 Å². The zero-order chi connectivity index (χ0) is 11.5. The van der Waals surface area contributed by atoms with Crippen molar-refractivity contribution in [2.75, 3.05) is 0 Å². The number of aliphatic hydroxyl groups is 2. The Bertz CT molecular complexity index is 409. The van der Waals surface area contributed by atoms with Crippen LogP contribution in [0, 0.1) is 0 Å². The van der Waals surface area contributed by atoms with Crippen LogP contribution in [0.4, 0.5) is 0 Å². The molecule has 0 fully saturated rings. The van der Waals surface area contributed by atoms with Crippen LogP contribution in [0.5, 0.6) is 0 Å². The number of nitrogens with one attached hydrogen (secondary N) is 1. The molecule has 0 bridgehead atoms. The molecule has 1 aliphatic rings. The summed E-state index contributed by atoms with van der Waals surface area (Å²) in [5.41, 5.74) is 1.01. The summed E-state index contributed by atoms with van der Waals surface area (Å²) in [5.74, 6) is 1.36. The van der Waals surface area contributed by atoms with Crippen molar-refractivity contribution < 1.29 is 10.2 Å². The fourth-order valence-electron chi connectivity index (χ4n) is 1.92. The number of rotatable bonds is 3. The highest BCUT2D eigenvalue weighted by molar-refractivity contribution is 5.15. The Morgan fingerprint density at radius 1 is 1.62 bits per heavy atom. The van der Waals surface area contributed by atoms with Gasteiger partial charge in [0, 0.05) is 24.2 Å². The topological polar surface area (TPSA) is 69.1 Å². The van der Waals surface area contributed by atoms with Gasteiger partial charge in [0.2, 0.25) is 0 Å². The third kappa shape index (κ3) is 2.17. The van der Waals surface area contributed by atoms with Crippen molar-refractivity contribution in [3.63, 3.8) is 0 Å². The van der Waals surface area contributed by atoms with Gasteiger partial charge in [0.05, 0.1) is 5.76 Å². The molecule has 2 unspecified atom stereocenters. The van der Waals surface area contributed by atoms with Gasteiger partial charge >= 0.3 is 0 Å². The number of allylic oxidation sites excluding steroid dienone is 2. The Morgan fingerprint density at radius 2 is 2.44 bits per heavy atom. The summed E-state index contributed by atoms with van der Waals surface area (Å²) < 4.78 is 0. The van der Waals surface area contributed by atoms with Gasteiger partial charge in [-0.2, -0.15) is 0 Å². The van der Waals surface area contributed by atoms with E-state index >= 15 is 0 Å². The lowest BCUT2D eigenvalue weighted by atomic mass is 9.91. The third-order valence-corrected chi connectivity index (χ3v) is 2.95. The number of H-pyrrole nitrogens is 1. The summed E-state index contributed by atoms with van der Waals surface area (Å²) in [4.78, 5) is 7.23. The first-order valence-electron chi connectivity index (χ1n) is 5.44. The number of aromatic nitrogens is 2. The molecule has 0 saturated heterocycles. The second-order valence-electron chi connectivity index (χ2n) is 4.07. The molecular weight excluding hydrogens is 204 g/mol. The van der Waals surface area contributed by atoms with E-state index < -0.39 is 6.10 Å². The van der Waals surface area contributed by atoms with Gasteiger partial charge in [-0.1, -0.05) is 6.08 Å². The van der Waals surface area contributed by atoms with E-state index in [4.69, 9.17) is 0 Å². The standard InChI is InChI=1S/C12H16N2O2/c1-2-11(16)12-13-7-10(14-12)8-3-5-9(15)6-4-8/h2,5,7-8,11,15-16H,1,3-4,6H2,(H,13,14). The molecule has 4 nitrogen and oxygen atoms in total. The van der Waals surface area contributed by atoms with Crippen LogP contribution in [0.3, 0.4) is 0 Å². The van der Waals surface area contributed by atoms with E-state index in [2.05, 4.69) is 16.5 Å². The summed E-state index contributed by atoms with van der Waals surface area (Å²) in [6.45, 7) is 3.52. The van der Waals surface area contributed by atoms with Crippen LogP contribution >= 0.6 is 0 Å². The molecule has 16 heavy (non-hydrogen) atoms. The highest BCUT2D eigenvalue weighted by Crippen LogP contribution is 2.30. The first-order chi connectivity index (χ1) is 7.70. The molecule has 0 aliphatic heterocycles. The second kappa shape index (κ2) is 4.53. The van der Waals surface area contributed by atoms with Crippen molar-refractivity contribution >= 4 is 0 Å². The van der Waals surface area contributed by atoms with Crippen molar-refractivity contribution in [1.29, 1.82) is 0 Å². The molecule has 1 aromatic rings. The lowest BCUT2D eigenvalue weighted by molar-refractivity contribution is 0.219. The number of nitrogens with zero attached hydrogens (tertiary/aromatic N) is 1. The van der Waals surface area contributed by atoms with E-state index in [1.165, 1.54) is 6.08 Å². The first kappa shape index (κ1) is 11.0. The largest absolute Gasteiger partial charge is 0.513 e. The van der Waals surface area contributed by atoms with Gasteiger partial charge < -0.3 is 15.2 Å². The van der Waals surface area contributed by atoms with Crippen molar-refractivity contribution in [1.82, 2.24) is 9.97 Å². The molecule has 2 atom stereocenters. The summed E-state index contributed by atoms with van der Waals surface area (Å²) in [6, 6.07) is 0. The molecule has 1 aromatic heterocycles. The van der Waals surface area contributed by atoms with Crippen LogP contribution in [0.1, 0.15) is 42.8 Å². The highest BCUT2D eigenvalue weighted by Gasteiger charge is 2.18. The fraction of sp³-hybridized carbons (Fsp3) is 0.417. The molecule has 0 aromatic carbocycles. The van der Waals surface area contributed by atoms with Crippen LogP contribution in [-0.2, 0) is 0 Å². The maximum absolute atomic E-state index is 9.52.